The van der Waals surface area contributed by atoms with Gasteiger partial charge in [0.1, 0.15) is 13.1 Å². The second-order valence-electron chi connectivity index (χ2n) is 6.89. The molecule has 6 nitrogen and oxygen atoms in total. The van der Waals surface area contributed by atoms with Gasteiger partial charge in [0.05, 0.1) is 0 Å². The number of halogens is 4. The second kappa shape index (κ2) is 12.6. The summed E-state index contributed by atoms with van der Waals surface area (Å²) in [5, 5.41) is 10.6. The number of rotatable bonds is 7. The largest absolute Gasteiger partial charge is 0.406 e. The van der Waals surface area contributed by atoms with Crippen LogP contribution in [0.1, 0.15) is 25.3 Å². The number of carbonyl (C=O) groups excluding carboxylic acids is 1. The number of piperidine rings is 1. The van der Waals surface area contributed by atoms with E-state index in [9.17, 15) is 18.0 Å². The summed E-state index contributed by atoms with van der Waals surface area (Å²) in [6, 6.07) is 2.36. The van der Waals surface area contributed by atoms with Crippen molar-refractivity contribution in [3.8, 4) is 0 Å². The predicted octanol–water partition coefficient (Wildman–Crippen LogP) is 2.91. The number of likely N-dealkylation sites (tertiary alicyclic amines) is 1. The molecule has 1 aliphatic rings. The lowest BCUT2D eigenvalue weighted by atomic mass is 10.0. The Morgan fingerprint density at radius 3 is 2.62 bits per heavy atom. The number of carbonyl (C=O) groups is 1. The van der Waals surface area contributed by atoms with Crippen LogP contribution in [0.5, 0.6) is 0 Å². The number of nitrogens with one attached hydrogen (secondary N) is 2. The first-order valence-electron chi connectivity index (χ1n) is 9.36. The van der Waals surface area contributed by atoms with E-state index in [1.807, 2.05) is 6.92 Å². The van der Waals surface area contributed by atoms with Crippen molar-refractivity contribution in [2.45, 2.75) is 38.5 Å². The Balaban J connectivity index is 0.00000420. The van der Waals surface area contributed by atoms with Gasteiger partial charge in [-0.2, -0.15) is 24.5 Å². The van der Waals surface area contributed by atoms with Crippen LogP contribution in [0.4, 0.5) is 13.2 Å². The van der Waals surface area contributed by atoms with Gasteiger partial charge in [0.25, 0.3) is 0 Å². The fraction of sp³-hybridized carbons (Fsp3) is 0.667. The number of aliphatic imine (C=N–C) groups is 1. The Hall–Kier alpha value is -1.08. The molecule has 1 aliphatic heterocycles. The van der Waals surface area contributed by atoms with Crippen molar-refractivity contribution in [3.63, 3.8) is 0 Å². The van der Waals surface area contributed by atoms with Crippen LogP contribution in [0.2, 0.25) is 0 Å². The molecule has 0 atom stereocenters. The van der Waals surface area contributed by atoms with Gasteiger partial charge in [0, 0.05) is 39.3 Å². The van der Waals surface area contributed by atoms with Crippen molar-refractivity contribution < 1.29 is 18.0 Å². The average molecular weight is 547 g/mol. The van der Waals surface area contributed by atoms with Crippen molar-refractivity contribution in [2.75, 3.05) is 39.8 Å². The van der Waals surface area contributed by atoms with E-state index in [1.165, 1.54) is 5.56 Å². The number of thiophene rings is 1. The Morgan fingerprint density at radius 2 is 2.07 bits per heavy atom. The molecule has 0 saturated carbocycles. The van der Waals surface area contributed by atoms with Gasteiger partial charge in [-0.25, -0.2) is 4.99 Å². The summed E-state index contributed by atoms with van der Waals surface area (Å²) in [7, 11) is 1.13. The summed E-state index contributed by atoms with van der Waals surface area (Å²) in [5.41, 5.74) is 1.33. The maximum absolute atomic E-state index is 12.4. The lowest BCUT2D eigenvalue weighted by Gasteiger charge is -2.33. The minimum atomic E-state index is -4.41. The third kappa shape index (κ3) is 9.98. The zero-order chi connectivity index (χ0) is 20.6. The highest BCUT2D eigenvalue weighted by atomic mass is 127. The van der Waals surface area contributed by atoms with E-state index >= 15 is 0 Å². The van der Waals surface area contributed by atoms with Crippen LogP contribution in [0.25, 0.3) is 0 Å². The molecule has 11 heteroatoms. The first-order chi connectivity index (χ1) is 13.3. The van der Waals surface area contributed by atoms with Gasteiger partial charge in [-0.05, 0) is 42.2 Å². The van der Waals surface area contributed by atoms with E-state index in [1.54, 1.807) is 11.3 Å². The van der Waals surface area contributed by atoms with E-state index in [2.05, 4.69) is 37.4 Å². The molecule has 29 heavy (non-hydrogen) atoms. The average Bonchev–Trinajstić information content (AvgIpc) is 3.12. The topological polar surface area (TPSA) is 60.0 Å². The van der Waals surface area contributed by atoms with Crippen molar-refractivity contribution in [1.29, 1.82) is 0 Å². The van der Waals surface area contributed by atoms with Crippen molar-refractivity contribution in [3.05, 3.63) is 22.4 Å². The highest BCUT2D eigenvalue weighted by Gasteiger charge is 2.31. The third-order valence-electron chi connectivity index (χ3n) is 4.47. The van der Waals surface area contributed by atoms with E-state index in [0.717, 1.165) is 39.5 Å². The van der Waals surface area contributed by atoms with Crippen LogP contribution in [0.3, 0.4) is 0 Å². The van der Waals surface area contributed by atoms with Gasteiger partial charge in [0.15, 0.2) is 5.96 Å². The normalized spacial score (nSPS) is 16.2. The summed E-state index contributed by atoms with van der Waals surface area (Å²) in [6.07, 6.45) is -2.53. The summed E-state index contributed by atoms with van der Waals surface area (Å²) >= 11 is 1.70. The Morgan fingerprint density at radius 1 is 1.38 bits per heavy atom. The molecule has 1 aromatic rings. The van der Waals surface area contributed by atoms with Crippen LogP contribution in [-0.4, -0.2) is 73.7 Å². The Kier molecular flexibility index (Phi) is 11.3. The van der Waals surface area contributed by atoms with E-state index in [-0.39, 0.29) is 36.6 Å². The molecule has 1 amide bonds. The van der Waals surface area contributed by atoms with E-state index in [0.29, 0.717) is 17.4 Å². The molecule has 2 heterocycles. The quantitative estimate of drug-likeness (QED) is 0.313. The minimum absolute atomic E-state index is 0. The Labute approximate surface area is 190 Å². The summed E-state index contributed by atoms with van der Waals surface area (Å²) in [5.74, 6) is -0.201. The van der Waals surface area contributed by atoms with Crippen LogP contribution < -0.4 is 10.6 Å². The fourth-order valence-electron chi connectivity index (χ4n) is 3.01. The molecule has 2 N–H and O–H groups in total. The summed E-state index contributed by atoms with van der Waals surface area (Å²) in [4.78, 5) is 19.1. The highest BCUT2D eigenvalue weighted by molar-refractivity contribution is 14.0. The molecule has 1 aromatic heterocycles. The first-order valence-corrected chi connectivity index (χ1v) is 10.3. The smallest absolute Gasteiger partial charge is 0.357 e. The first kappa shape index (κ1) is 26.0. The zero-order valence-electron chi connectivity index (χ0n) is 16.7. The summed E-state index contributed by atoms with van der Waals surface area (Å²) < 4.78 is 37.2. The number of nitrogens with zero attached hydrogens (tertiary/aromatic N) is 3. The lowest BCUT2D eigenvalue weighted by Crippen LogP contribution is -2.49. The van der Waals surface area contributed by atoms with Gasteiger partial charge >= 0.3 is 6.18 Å². The molecule has 166 valence electrons. The second-order valence-corrected chi connectivity index (χ2v) is 7.67. The number of alkyl halides is 3. The van der Waals surface area contributed by atoms with Crippen molar-refractivity contribution in [1.82, 2.24) is 20.4 Å². The molecule has 0 aromatic carbocycles. The standard InChI is InChI=1S/C18H28F3N5OS.HI/c1-3-22-17(23-10-16(27)25(2)13-18(19,20)21)24-15-4-7-26(8-5-15)11-14-6-9-28-12-14;/h6,9,12,15H,3-5,7-8,10-11,13H2,1-2H3,(H2,22,23,24);1H. The van der Waals surface area contributed by atoms with Crippen molar-refractivity contribution in [2.24, 2.45) is 4.99 Å². The van der Waals surface area contributed by atoms with Gasteiger partial charge in [-0.1, -0.05) is 0 Å². The number of amides is 1. The molecular weight excluding hydrogens is 518 g/mol. The highest BCUT2D eigenvalue weighted by Crippen LogP contribution is 2.16. The fourth-order valence-corrected chi connectivity index (χ4v) is 3.67. The predicted molar refractivity (Wildman–Crippen MR) is 121 cm³/mol. The molecular formula is C18H29F3IN5OS. The van der Waals surface area contributed by atoms with Crippen LogP contribution >= 0.6 is 35.3 Å². The number of hydrogen-bond donors (Lipinski definition) is 2. The minimum Gasteiger partial charge on any atom is -0.357 e. The number of guanidine groups is 1. The molecule has 0 spiro atoms. The molecule has 1 fully saturated rings. The maximum atomic E-state index is 12.4. The van der Waals surface area contributed by atoms with Gasteiger partial charge in [0.2, 0.25) is 5.91 Å². The molecule has 1 saturated heterocycles. The monoisotopic (exact) mass is 547 g/mol. The SMILES string of the molecule is CCNC(=NCC(=O)N(C)CC(F)(F)F)NC1CCN(Cc2ccsc2)CC1.I. The number of hydrogen-bond acceptors (Lipinski definition) is 4. The van der Waals surface area contributed by atoms with Gasteiger partial charge in [-0.15, -0.1) is 24.0 Å². The molecule has 0 bridgehead atoms. The molecule has 0 unspecified atom stereocenters. The lowest BCUT2D eigenvalue weighted by molar-refractivity contribution is -0.157. The Bertz CT molecular complexity index is 634. The zero-order valence-corrected chi connectivity index (χ0v) is 19.8. The third-order valence-corrected chi connectivity index (χ3v) is 5.21. The van der Waals surface area contributed by atoms with Crippen molar-refractivity contribution >= 4 is 47.2 Å². The van der Waals surface area contributed by atoms with Crippen LogP contribution in [-0.2, 0) is 11.3 Å². The molecule has 2 rings (SSSR count). The van der Waals surface area contributed by atoms with Gasteiger partial charge < -0.3 is 15.5 Å². The maximum Gasteiger partial charge on any atom is 0.406 e. The van der Waals surface area contributed by atoms with E-state index in [4.69, 9.17) is 0 Å². The van der Waals surface area contributed by atoms with Gasteiger partial charge in [-0.3, -0.25) is 9.69 Å². The summed E-state index contributed by atoms with van der Waals surface area (Å²) in [6.45, 7) is 3.78. The van der Waals surface area contributed by atoms with E-state index < -0.39 is 18.6 Å². The van der Waals surface area contributed by atoms with Crippen LogP contribution in [0, 0.1) is 0 Å². The number of likely N-dealkylation sites (N-methyl/N-ethyl adjacent to an activating group) is 1. The molecule has 0 radical (unpaired) electrons. The molecule has 0 aliphatic carbocycles. The van der Waals surface area contributed by atoms with Crippen LogP contribution in [0.15, 0.2) is 21.8 Å².